The van der Waals surface area contributed by atoms with Gasteiger partial charge in [-0.25, -0.2) is 13.1 Å². The van der Waals surface area contributed by atoms with Gasteiger partial charge in [0.1, 0.15) is 17.4 Å². The average molecular weight is 442 g/mol. The van der Waals surface area contributed by atoms with Crippen molar-refractivity contribution in [2.24, 2.45) is 0 Å². The highest BCUT2D eigenvalue weighted by atomic mass is 35.5. The zero-order valence-corrected chi connectivity index (χ0v) is 15.9. The van der Waals surface area contributed by atoms with Gasteiger partial charge < -0.3 is 5.73 Å². The molecule has 13 heteroatoms. The van der Waals surface area contributed by atoms with E-state index in [4.69, 9.17) is 28.9 Å². The van der Waals surface area contributed by atoms with Crippen molar-refractivity contribution in [3.63, 3.8) is 0 Å². The van der Waals surface area contributed by atoms with Crippen molar-refractivity contribution in [3.05, 3.63) is 33.4 Å². The highest BCUT2D eigenvalue weighted by Gasteiger charge is 2.33. The molecular formula is C14H12Cl2F3N5O2S. The Morgan fingerprint density at radius 2 is 1.89 bits per heavy atom. The van der Waals surface area contributed by atoms with Crippen LogP contribution in [0.5, 0.6) is 0 Å². The molecule has 0 saturated carbocycles. The monoisotopic (exact) mass is 441 g/mol. The lowest BCUT2D eigenvalue weighted by Crippen LogP contribution is -2.17. The number of rotatable bonds is 5. The number of anilines is 2. The lowest BCUT2D eigenvalue weighted by Gasteiger charge is -2.13. The molecule has 2 rings (SSSR count). The van der Waals surface area contributed by atoms with Gasteiger partial charge in [-0.1, -0.05) is 30.1 Å². The fourth-order valence-electron chi connectivity index (χ4n) is 2.19. The van der Waals surface area contributed by atoms with Gasteiger partial charge in [0.25, 0.3) is 0 Å². The van der Waals surface area contributed by atoms with Crippen molar-refractivity contribution < 1.29 is 21.6 Å². The predicted molar refractivity (Wildman–Crippen MR) is 95.4 cm³/mol. The van der Waals surface area contributed by atoms with Crippen molar-refractivity contribution in [2.75, 3.05) is 16.2 Å². The molecule has 0 bridgehead atoms. The number of nitrogens with one attached hydrogen (secondary N) is 1. The first-order chi connectivity index (χ1) is 12.4. The molecule has 0 aliphatic heterocycles. The van der Waals surface area contributed by atoms with Crippen LogP contribution in [0.15, 0.2) is 12.1 Å². The number of nitrogens with zero attached hydrogens (tertiary/aromatic N) is 3. The second-order valence-corrected chi connectivity index (χ2v) is 8.00. The quantitative estimate of drug-likeness (QED) is 0.731. The van der Waals surface area contributed by atoms with Crippen molar-refractivity contribution in [3.8, 4) is 11.8 Å². The maximum absolute atomic E-state index is 12.9. The van der Waals surface area contributed by atoms with E-state index in [-0.39, 0.29) is 28.6 Å². The van der Waals surface area contributed by atoms with Crippen molar-refractivity contribution in [2.45, 2.75) is 19.5 Å². The number of hydrogen-bond acceptors (Lipinski definition) is 5. The summed E-state index contributed by atoms with van der Waals surface area (Å²) < 4.78 is 65.5. The van der Waals surface area contributed by atoms with Crippen LogP contribution in [0.1, 0.15) is 24.6 Å². The van der Waals surface area contributed by atoms with Crippen LogP contribution in [0, 0.1) is 11.3 Å². The Morgan fingerprint density at radius 1 is 1.33 bits per heavy atom. The number of sulfonamides is 1. The Kier molecular flexibility index (Phi) is 5.84. The van der Waals surface area contributed by atoms with E-state index in [9.17, 15) is 26.9 Å². The molecule has 0 atom stereocenters. The summed E-state index contributed by atoms with van der Waals surface area (Å²) in [5.41, 5.74) is 3.85. The lowest BCUT2D eigenvalue weighted by atomic mass is 10.2. The van der Waals surface area contributed by atoms with Gasteiger partial charge in [-0.3, -0.25) is 4.72 Å². The number of nitrogens with two attached hydrogens (primary N) is 1. The smallest absolute Gasteiger partial charge is 0.382 e. The van der Waals surface area contributed by atoms with Crippen LogP contribution in [-0.2, 0) is 16.2 Å². The molecule has 1 aromatic carbocycles. The maximum atomic E-state index is 12.9. The number of benzene rings is 1. The highest BCUT2D eigenvalue weighted by molar-refractivity contribution is 7.92. The van der Waals surface area contributed by atoms with Gasteiger partial charge in [-0.05, 0) is 18.6 Å². The van der Waals surface area contributed by atoms with Crippen LogP contribution in [0.2, 0.25) is 10.0 Å². The number of nitriles is 1. The van der Waals surface area contributed by atoms with E-state index in [0.29, 0.717) is 18.6 Å². The van der Waals surface area contributed by atoms with E-state index in [1.165, 1.54) is 0 Å². The summed E-state index contributed by atoms with van der Waals surface area (Å²) in [5.74, 6) is -0.584. The number of nitrogen functional groups attached to an aromatic ring is 1. The number of aromatic nitrogens is 2. The second-order valence-electron chi connectivity index (χ2n) is 5.34. The number of alkyl halides is 3. The molecule has 0 amide bonds. The first-order valence-corrected chi connectivity index (χ1v) is 9.67. The van der Waals surface area contributed by atoms with Crippen molar-refractivity contribution >= 4 is 44.7 Å². The molecule has 1 aromatic heterocycles. The molecule has 0 unspecified atom stereocenters. The Hall–Kier alpha value is -2.16. The summed E-state index contributed by atoms with van der Waals surface area (Å²) in [6, 6.07) is 2.90. The molecule has 1 heterocycles. The summed E-state index contributed by atoms with van der Waals surface area (Å²) in [7, 11) is -3.80. The first-order valence-electron chi connectivity index (χ1n) is 7.27. The summed E-state index contributed by atoms with van der Waals surface area (Å²) in [6.07, 6.45) is -4.37. The number of hydrogen-bond donors (Lipinski definition) is 2. The molecule has 0 aliphatic carbocycles. The molecule has 0 aliphatic rings. The minimum atomic E-state index is -4.68. The Labute approximate surface area is 162 Å². The fraction of sp³-hybridized carbons (Fsp3) is 0.286. The van der Waals surface area contributed by atoms with Crippen molar-refractivity contribution in [1.82, 2.24) is 9.78 Å². The predicted octanol–water partition coefficient (Wildman–Crippen LogP) is 3.80. The van der Waals surface area contributed by atoms with Gasteiger partial charge >= 0.3 is 6.18 Å². The van der Waals surface area contributed by atoms with E-state index >= 15 is 0 Å². The zero-order valence-electron chi connectivity index (χ0n) is 13.6. The molecule has 0 fully saturated rings. The molecule has 3 N–H and O–H groups in total. The summed E-state index contributed by atoms with van der Waals surface area (Å²) in [4.78, 5) is 0. The molecule has 7 nitrogen and oxygen atoms in total. The summed E-state index contributed by atoms with van der Waals surface area (Å²) >= 11 is 11.8. The maximum Gasteiger partial charge on any atom is 0.416 e. The Bertz CT molecular complexity index is 1010. The minimum absolute atomic E-state index is 0.221. The minimum Gasteiger partial charge on any atom is -0.382 e. The van der Waals surface area contributed by atoms with Crippen LogP contribution in [0.3, 0.4) is 0 Å². The second kappa shape index (κ2) is 7.46. The highest BCUT2D eigenvalue weighted by Crippen LogP contribution is 2.39. The van der Waals surface area contributed by atoms with Crippen LogP contribution in [0.25, 0.3) is 5.69 Å². The van der Waals surface area contributed by atoms with E-state index < -0.39 is 31.8 Å². The average Bonchev–Trinajstić information content (AvgIpc) is 2.82. The fourth-order valence-corrected chi connectivity index (χ4v) is 3.99. The van der Waals surface area contributed by atoms with Gasteiger partial charge in [0.2, 0.25) is 10.0 Å². The summed E-state index contributed by atoms with van der Waals surface area (Å²) in [5, 5.41) is 12.1. The first kappa shape index (κ1) is 21.1. The SMILES string of the molecule is CCCS(=O)(=O)Nc1c(C#N)nn(-c2c(Cl)cc(C(F)(F)F)cc2Cl)c1N. The normalized spacial score (nSPS) is 12.0. The van der Waals surface area contributed by atoms with Gasteiger partial charge in [0.05, 0.1) is 21.4 Å². The Morgan fingerprint density at radius 3 is 2.33 bits per heavy atom. The van der Waals surface area contributed by atoms with Crippen LogP contribution in [0.4, 0.5) is 24.7 Å². The lowest BCUT2D eigenvalue weighted by molar-refractivity contribution is -0.137. The zero-order chi connectivity index (χ0) is 20.6. The molecule has 0 spiro atoms. The van der Waals surface area contributed by atoms with Gasteiger partial charge in [-0.15, -0.1) is 0 Å². The largest absolute Gasteiger partial charge is 0.416 e. The molecular weight excluding hydrogens is 430 g/mol. The number of halogens is 5. The topological polar surface area (TPSA) is 114 Å². The van der Waals surface area contributed by atoms with E-state index in [1.54, 1.807) is 13.0 Å². The standard InChI is InChI=1S/C14H12Cl2F3N5O2S/c1-2-3-27(25,26)23-11-10(6-20)22-24(13(11)21)12-8(15)4-7(5-9(12)16)14(17,18)19/h4-5,23H,2-3,21H2,1H3. The third-order valence-corrected chi connectivity index (χ3v) is 5.35. The van der Waals surface area contributed by atoms with Crippen LogP contribution in [-0.4, -0.2) is 24.0 Å². The third-order valence-electron chi connectivity index (χ3n) is 3.31. The van der Waals surface area contributed by atoms with Crippen LogP contribution >= 0.6 is 23.2 Å². The van der Waals surface area contributed by atoms with Gasteiger partial charge in [-0.2, -0.15) is 23.5 Å². The molecule has 2 aromatic rings. The summed E-state index contributed by atoms with van der Waals surface area (Å²) in [6.45, 7) is 1.64. The third kappa shape index (κ3) is 4.40. The van der Waals surface area contributed by atoms with E-state index in [0.717, 1.165) is 4.68 Å². The molecule has 0 saturated heterocycles. The van der Waals surface area contributed by atoms with E-state index in [2.05, 4.69) is 9.82 Å². The van der Waals surface area contributed by atoms with E-state index in [1.807, 2.05) is 0 Å². The van der Waals surface area contributed by atoms with Crippen molar-refractivity contribution in [1.29, 1.82) is 5.26 Å². The molecule has 146 valence electrons. The van der Waals surface area contributed by atoms with Gasteiger partial charge in [0.15, 0.2) is 11.5 Å². The molecule has 27 heavy (non-hydrogen) atoms. The molecule has 0 radical (unpaired) electrons. The van der Waals surface area contributed by atoms with Gasteiger partial charge in [0, 0.05) is 0 Å². The van der Waals surface area contributed by atoms with Crippen LogP contribution < -0.4 is 10.5 Å². The Balaban J connectivity index is 2.64.